The number of hydrogen-bond donors (Lipinski definition) is 2. The van der Waals surface area contributed by atoms with Crippen LogP contribution in [0.2, 0.25) is 0 Å². The second kappa shape index (κ2) is 7.87. The van der Waals surface area contributed by atoms with Crippen molar-refractivity contribution in [3.8, 4) is 10.6 Å². The number of urea groups is 1. The number of benzene rings is 2. The Bertz CT molecular complexity index is 1200. The number of aromatic nitrogens is 1. The molecule has 2 N–H and O–H groups in total. The molecule has 2 aromatic heterocycles. The van der Waals surface area contributed by atoms with Crippen LogP contribution >= 0.6 is 11.3 Å². The Morgan fingerprint density at radius 1 is 1.03 bits per heavy atom. The van der Waals surface area contributed by atoms with E-state index in [-0.39, 0.29) is 12.2 Å². The molecule has 0 fully saturated rings. The lowest BCUT2D eigenvalue weighted by Crippen LogP contribution is -2.29. The molecule has 0 saturated carbocycles. The van der Waals surface area contributed by atoms with Crippen molar-refractivity contribution < 1.29 is 18.0 Å². The molecule has 0 unspecified atom stereocenters. The molecule has 4 rings (SSSR count). The number of nitrogens with one attached hydrogen (secondary N) is 2. The molecular weight excluding hydrogens is 411 g/mol. The summed E-state index contributed by atoms with van der Waals surface area (Å²) in [6, 6.07) is 16.0. The second-order valence-electron chi connectivity index (χ2n) is 6.73. The highest BCUT2D eigenvalue weighted by Crippen LogP contribution is 2.36. The lowest BCUT2D eigenvalue weighted by atomic mass is 10.1. The van der Waals surface area contributed by atoms with Crippen molar-refractivity contribution in [2.45, 2.75) is 12.7 Å². The van der Waals surface area contributed by atoms with E-state index in [9.17, 15) is 18.0 Å². The third kappa shape index (κ3) is 3.78. The minimum atomic E-state index is -4.55. The predicted molar refractivity (Wildman–Crippen MR) is 114 cm³/mol. The van der Waals surface area contributed by atoms with E-state index in [0.717, 1.165) is 33.1 Å². The number of fused-ring (bicyclic) bond motifs is 1. The van der Waals surface area contributed by atoms with E-state index >= 15 is 0 Å². The summed E-state index contributed by atoms with van der Waals surface area (Å²) in [6.45, 7) is 0.175. The number of thiophene rings is 1. The molecule has 0 aliphatic heterocycles. The monoisotopic (exact) mass is 429 g/mol. The Labute approximate surface area is 175 Å². The van der Waals surface area contributed by atoms with Gasteiger partial charge in [0, 0.05) is 30.1 Å². The summed E-state index contributed by atoms with van der Waals surface area (Å²) in [5.74, 6) is 0. The maximum Gasteiger partial charge on any atom is 0.418 e. The van der Waals surface area contributed by atoms with Crippen LogP contribution in [0, 0.1) is 0 Å². The molecule has 30 heavy (non-hydrogen) atoms. The van der Waals surface area contributed by atoms with E-state index < -0.39 is 17.8 Å². The van der Waals surface area contributed by atoms with Gasteiger partial charge >= 0.3 is 12.2 Å². The largest absolute Gasteiger partial charge is 0.418 e. The maximum absolute atomic E-state index is 13.2. The van der Waals surface area contributed by atoms with E-state index in [1.54, 1.807) is 11.3 Å². The molecule has 0 aliphatic rings. The topological polar surface area (TPSA) is 46.1 Å². The molecule has 2 aromatic carbocycles. The van der Waals surface area contributed by atoms with E-state index in [1.807, 2.05) is 48.8 Å². The smallest absolute Gasteiger partial charge is 0.343 e. The number of carbonyl (C=O) groups is 1. The van der Waals surface area contributed by atoms with Gasteiger partial charge in [0.25, 0.3) is 0 Å². The van der Waals surface area contributed by atoms with Gasteiger partial charge in [0.05, 0.1) is 21.8 Å². The van der Waals surface area contributed by atoms with Crippen LogP contribution in [0.4, 0.5) is 23.7 Å². The molecule has 0 atom stereocenters. The number of anilines is 1. The highest BCUT2D eigenvalue weighted by atomic mass is 32.1. The van der Waals surface area contributed by atoms with Crippen LogP contribution in [0.25, 0.3) is 21.5 Å². The minimum Gasteiger partial charge on any atom is -0.343 e. The van der Waals surface area contributed by atoms with Crippen LogP contribution in [0.5, 0.6) is 0 Å². The quantitative estimate of drug-likeness (QED) is 0.396. The van der Waals surface area contributed by atoms with E-state index in [4.69, 9.17) is 0 Å². The minimum absolute atomic E-state index is 0.175. The summed E-state index contributed by atoms with van der Waals surface area (Å²) in [6.07, 6.45) is -4.55. The first-order chi connectivity index (χ1) is 14.4. The molecule has 0 spiro atoms. The van der Waals surface area contributed by atoms with Gasteiger partial charge in [0.2, 0.25) is 0 Å². The zero-order chi connectivity index (χ0) is 21.3. The third-order valence-electron chi connectivity index (χ3n) is 4.87. The average molecular weight is 429 g/mol. The molecular formula is C22H18F3N3OS. The van der Waals surface area contributed by atoms with Gasteiger partial charge in [-0.3, -0.25) is 0 Å². The number of hydrogen-bond acceptors (Lipinski definition) is 2. The molecule has 2 amide bonds. The van der Waals surface area contributed by atoms with Gasteiger partial charge in [0.15, 0.2) is 0 Å². The zero-order valence-corrected chi connectivity index (χ0v) is 16.8. The Morgan fingerprint density at radius 3 is 2.50 bits per heavy atom. The number of rotatable bonds is 4. The number of alkyl halides is 3. The Balaban J connectivity index is 1.61. The number of nitrogens with zero attached hydrogens (tertiary/aromatic N) is 1. The number of amides is 2. The van der Waals surface area contributed by atoms with Crippen molar-refractivity contribution in [2.75, 3.05) is 5.32 Å². The van der Waals surface area contributed by atoms with Crippen LogP contribution in [0.1, 0.15) is 11.1 Å². The first-order valence-electron chi connectivity index (χ1n) is 9.17. The number of para-hydroxylation sites is 2. The first-order valence-corrected chi connectivity index (χ1v) is 10.1. The second-order valence-corrected chi connectivity index (χ2v) is 7.68. The lowest BCUT2D eigenvalue weighted by Gasteiger charge is -2.14. The number of aryl methyl sites for hydroxylation is 1. The highest BCUT2D eigenvalue weighted by Gasteiger charge is 2.33. The summed E-state index contributed by atoms with van der Waals surface area (Å²) in [5, 5.41) is 7.99. The fraction of sp³-hybridized carbons (Fsp3) is 0.136. The fourth-order valence-electron chi connectivity index (χ4n) is 3.55. The van der Waals surface area contributed by atoms with E-state index in [0.29, 0.717) is 0 Å². The summed E-state index contributed by atoms with van der Waals surface area (Å²) in [7, 11) is 1.96. The van der Waals surface area contributed by atoms with Gasteiger partial charge in [-0.25, -0.2) is 4.79 Å². The molecule has 0 saturated heterocycles. The summed E-state index contributed by atoms with van der Waals surface area (Å²) >= 11 is 1.59. The average Bonchev–Trinajstić information content (AvgIpc) is 3.33. The first kappa shape index (κ1) is 20.0. The van der Waals surface area contributed by atoms with Crippen LogP contribution in [-0.2, 0) is 19.8 Å². The van der Waals surface area contributed by atoms with Gasteiger partial charge in [-0.2, -0.15) is 13.2 Å². The van der Waals surface area contributed by atoms with Crippen molar-refractivity contribution >= 4 is 34.0 Å². The van der Waals surface area contributed by atoms with Crippen LogP contribution in [-0.4, -0.2) is 10.6 Å². The van der Waals surface area contributed by atoms with Gasteiger partial charge in [-0.1, -0.05) is 36.4 Å². The van der Waals surface area contributed by atoms with Crippen molar-refractivity contribution in [3.05, 3.63) is 77.2 Å². The van der Waals surface area contributed by atoms with E-state index in [1.165, 1.54) is 18.2 Å². The molecule has 2 heterocycles. The molecule has 0 aliphatic carbocycles. The molecule has 154 valence electrons. The highest BCUT2D eigenvalue weighted by molar-refractivity contribution is 7.13. The number of halogens is 3. The fourth-order valence-corrected chi connectivity index (χ4v) is 4.39. The normalized spacial score (nSPS) is 11.6. The van der Waals surface area contributed by atoms with Gasteiger partial charge < -0.3 is 15.2 Å². The van der Waals surface area contributed by atoms with Gasteiger partial charge in [0.1, 0.15) is 0 Å². The standard InChI is InChI=1S/C22H18F3N3OS/c1-28-18-10-5-2-7-14(18)15(20(28)19-11-6-12-30-19)13-26-21(29)27-17-9-4-3-8-16(17)22(23,24)25/h2-12H,13H2,1H3,(H2,26,27,29). The van der Waals surface area contributed by atoms with Crippen molar-refractivity contribution in [1.29, 1.82) is 0 Å². The van der Waals surface area contributed by atoms with Crippen molar-refractivity contribution in [2.24, 2.45) is 7.05 Å². The molecule has 8 heteroatoms. The lowest BCUT2D eigenvalue weighted by molar-refractivity contribution is -0.136. The summed E-state index contributed by atoms with van der Waals surface area (Å²) in [5.41, 5.74) is 1.74. The van der Waals surface area contributed by atoms with Crippen LogP contribution < -0.4 is 10.6 Å². The van der Waals surface area contributed by atoms with Crippen LogP contribution in [0.15, 0.2) is 66.0 Å². The van der Waals surface area contributed by atoms with Crippen LogP contribution in [0.3, 0.4) is 0 Å². The Morgan fingerprint density at radius 2 is 1.77 bits per heavy atom. The SMILES string of the molecule is Cn1c(-c2cccs2)c(CNC(=O)Nc2ccccc2C(F)(F)F)c2ccccc21. The Kier molecular flexibility index (Phi) is 5.26. The zero-order valence-electron chi connectivity index (χ0n) is 16.0. The number of carbonyl (C=O) groups excluding carboxylic acids is 1. The summed E-state index contributed by atoms with van der Waals surface area (Å²) in [4.78, 5) is 13.5. The summed E-state index contributed by atoms with van der Waals surface area (Å²) < 4.78 is 41.6. The third-order valence-corrected chi connectivity index (χ3v) is 5.75. The molecule has 4 nitrogen and oxygen atoms in total. The molecule has 0 radical (unpaired) electrons. The Hall–Kier alpha value is -3.26. The van der Waals surface area contributed by atoms with Gasteiger partial charge in [-0.05, 0) is 29.6 Å². The van der Waals surface area contributed by atoms with Crippen molar-refractivity contribution in [3.63, 3.8) is 0 Å². The molecule has 4 aromatic rings. The van der Waals surface area contributed by atoms with E-state index in [2.05, 4.69) is 15.2 Å². The maximum atomic E-state index is 13.2. The van der Waals surface area contributed by atoms with Crippen molar-refractivity contribution in [1.82, 2.24) is 9.88 Å². The van der Waals surface area contributed by atoms with Gasteiger partial charge in [-0.15, -0.1) is 11.3 Å². The predicted octanol–water partition coefficient (Wildman–Crippen LogP) is 6.25. The molecule has 0 bridgehead atoms.